The van der Waals surface area contributed by atoms with Crippen molar-refractivity contribution >= 4 is 17.5 Å². The first kappa shape index (κ1) is 16.6. The van der Waals surface area contributed by atoms with Crippen LogP contribution in [0.1, 0.15) is 27.1 Å². The molecule has 1 unspecified atom stereocenters. The quantitative estimate of drug-likeness (QED) is 0.609. The third kappa shape index (κ3) is 4.13. The fourth-order valence-electron chi connectivity index (χ4n) is 2.33. The van der Waals surface area contributed by atoms with Gasteiger partial charge in [0.25, 0.3) is 0 Å². The van der Waals surface area contributed by atoms with E-state index in [2.05, 4.69) is 0 Å². The maximum absolute atomic E-state index is 12.7. The second-order valence-corrected chi connectivity index (χ2v) is 5.51. The molecular formula is C19H19NO3. The maximum atomic E-state index is 12.7. The van der Waals surface area contributed by atoms with E-state index in [9.17, 15) is 14.4 Å². The average Bonchev–Trinajstić information content (AvgIpc) is 2.59. The molecule has 0 aliphatic carbocycles. The van der Waals surface area contributed by atoms with E-state index in [0.29, 0.717) is 11.1 Å². The number of hydrogen-bond acceptors (Lipinski definition) is 3. The SMILES string of the molecule is CN(C)C(=O)C(CC(=O)c1ccccc1)C(=O)c1ccccc1. The summed E-state index contributed by atoms with van der Waals surface area (Å²) < 4.78 is 0. The standard InChI is InChI=1S/C19H19NO3/c1-20(2)19(23)16(18(22)15-11-7-4-8-12-15)13-17(21)14-9-5-3-6-10-14/h3-12,16H,13H2,1-2H3. The third-order valence-corrected chi connectivity index (χ3v) is 3.60. The van der Waals surface area contributed by atoms with E-state index in [1.807, 2.05) is 6.07 Å². The Balaban J connectivity index is 2.26. The van der Waals surface area contributed by atoms with Crippen LogP contribution in [0.5, 0.6) is 0 Å². The van der Waals surface area contributed by atoms with E-state index in [1.54, 1.807) is 68.7 Å². The van der Waals surface area contributed by atoms with Crippen LogP contribution in [-0.4, -0.2) is 36.5 Å². The molecule has 1 amide bonds. The van der Waals surface area contributed by atoms with Crippen LogP contribution in [0, 0.1) is 5.92 Å². The van der Waals surface area contributed by atoms with E-state index in [1.165, 1.54) is 4.90 Å². The first-order valence-corrected chi connectivity index (χ1v) is 7.39. The predicted octanol–water partition coefficient (Wildman–Crippen LogP) is 2.85. The van der Waals surface area contributed by atoms with Gasteiger partial charge in [-0.25, -0.2) is 0 Å². The van der Waals surface area contributed by atoms with Crippen molar-refractivity contribution in [2.45, 2.75) is 6.42 Å². The van der Waals surface area contributed by atoms with Crippen LogP contribution >= 0.6 is 0 Å². The number of carbonyl (C=O) groups excluding carboxylic acids is 3. The smallest absolute Gasteiger partial charge is 0.233 e. The molecule has 2 rings (SSSR count). The second kappa shape index (κ2) is 7.49. The van der Waals surface area contributed by atoms with E-state index in [4.69, 9.17) is 0 Å². The van der Waals surface area contributed by atoms with Crippen molar-refractivity contribution in [2.24, 2.45) is 5.92 Å². The molecule has 0 aliphatic rings. The zero-order valence-electron chi connectivity index (χ0n) is 13.2. The van der Waals surface area contributed by atoms with Gasteiger partial charge in [-0.15, -0.1) is 0 Å². The lowest BCUT2D eigenvalue weighted by molar-refractivity contribution is -0.131. The van der Waals surface area contributed by atoms with Crippen LogP contribution in [0.15, 0.2) is 60.7 Å². The first-order chi connectivity index (χ1) is 11.0. The van der Waals surface area contributed by atoms with Crippen LogP contribution in [-0.2, 0) is 4.79 Å². The number of Topliss-reactive ketones (excluding diaryl/α,β-unsaturated/α-hetero) is 2. The Morgan fingerprint density at radius 2 is 1.30 bits per heavy atom. The summed E-state index contributed by atoms with van der Waals surface area (Å²) in [5.41, 5.74) is 0.943. The summed E-state index contributed by atoms with van der Waals surface area (Å²) in [6.45, 7) is 0. The number of benzene rings is 2. The predicted molar refractivity (Wildman–Crippen MR) is 88.3 cm³/mol. The second-order valence-electron chi connectivity index (χ2n) is 5.51. The van der Waals surface area contributed by atoms with Gasteiger partial charge in [0.2, 0.25) is 5.91 Å². The molecule has 2 aromatic rings. The van der Waals surface area contributed by atoms with Crippen molar-refractivity contribution in [3.05, 3.63) is 71.8 Å². The molecule has 0 heterocycles. The minimum absolute atomic E-state index is 0.130. The molecule has 4 heteroatoms. The Hall–Kier alpha value is -2.75. The Labute approximate surface area is 135 Å². The van der Waals surface area contributed by atoms with E-state index in [0.717, 1.165) is 0 Å². The number of carbonyl (C=O) groups is 3. The van der Waals surface area contributed by atoms with Gasteiger partial charge in [-0.3, -0.25) is 14.4 Å². The summed E-state index contributed by atoms with van der Waals surface area (Å²) in [5.74, 6) is -1.90. The van der Waals surface area contributed by atoms with Gasteiger partial charge in [0, 0.05) is 31.6 Å². The molecule has 118 valence electrons. The zero-order valence-corrected chi connectivity index (χ0v) is 13.2. The minimum Gasteiger partial charge on any atom is -0.348 e. The van der Waals surface area contributed by atoms with Crippen LogP contribution in [0.2, 0.25) is 0 Å². The summed E-state index contributed by atoms with van der Waals surface area (Å²) in [5, 5.41) is 0. The molecule has 0 fully saturated rings. The minimum atomic E-state index is -1.000. The van der Waals surface area contributed by atoms with Crippen LogP contribution < -0.4 is 0 Å². The van der Waals surface area contributed by atoms with Crippen molar-refractivity contribution in [1.29, 1.82) is 0 Å². The molecule has 0 bridgehead atoms. The topological polar surface area (TPSA) is 54.5 Å². The molecule has 0 spiro atoms. The molecular weight excluding hydrogens is 290 g/mol. The normalized spacial score (nSPS) is 11.6. The molecule has 4 nitrogen and oxygen atoms in total. The summed E-state index contributed by atoms with van der Waals surface area (Å²) >= 11 is 0. The highest BCUT2D eigenvalue weighted by Gasteiger charge is 2.31. The van der Waals surface area contributed by atoms with Gasteiger partial charge in [0.15, 0.2) is 11.6 Å². The maximum Gasteiger partial charge on any atom is 0.233 e. The molecule has 0 saturated heterocycles. The number of amides is 1. The van der Waals surface area contributed by atoms with Gasteiger partial charge in [-0.2, -0.15) is 0 Å². The third-order valence-electron chi connectivity index (χ3n) is 3.60. The molecule has 0 N–H and O–H groups in total. The van der Waals surface area contributed by atoms with Crippen molar-refractivity contribution in [3.8, 4) is 0 Å². The highest BCUT2D eigenvalue weighted by Crippen LogP contribution is 2.18. The van der Waals surface area contributed by atoms with Gasteiger partial charge in [-0.1, -0.05) is 60.7 Å². The molecule has 0 radical (unpaired) electrons. The number of nitrogens with zero attached hydrogens (tertiary/aromatic N) is 1. The molecule has 0 saturated carbocycles. The van der Waals surface area contributed by atoms with Crippen molar-refractivity contribution < 1.29 is 14.4 Å². The largest absolute Gasteiger partial charge is 0.348 e. The van der Waals surface area contributed by atoms with Gasteiger partial charge in [0.1, 0.15) is 5.92 Å². The van der Waals surface area contributed by atoms with Crippen molar-refractivity contribution in [1.82, 2.24) is 4.90 Å². The molecule has 23 heavy (non-hydrogen) atoms. The Morgan fingerprint density at radius 1 is 0.826 bits per heavy atom. The van der Waals surface area contributed by atoms with Crippen LogP contribution in [0.4, 0.5) is 0 Å². The monoisotopic (exact) mass is 309 g/mol. The number of hydrogen-bond donors (Lipinski definition) is 0. The lowest BCUT2D eigenvalue weighted by atomic mass is 9.90. The summed E-state index contributed by atoms with van der Waals surface area (Å²) in [6.07, 6.45) is -0.130. The highest BCUT2D eigenvalue weighted by atomic mass is 16.2. The summed E-state index contributed by atoms with van der Waals surface area (Å²) in [7, 11) is 3.17. The van der Waals surface area contributed by atoms with Gasteiger partial charge in [0.05, 0.1) is 0 Å². The number of rotatable bonds is 6. The van der Waals surface area contributed by atoms with E-state index >= 15 is 0 Å². The van der Waals surface area contributed by atoms with Gasteiger partial charge in [-0.05, 0) is 0 Å². The zero-order chi connectivity index (χ0) is 16.8. The van der Waals surface area contributed by atoms with Gasteiger partial charge < -0.3 is 4.90 Å². The summed E-state index contributed by atoms with van der Waals surface area (Å²) in [6, 6.07) is 17.3. The summed E-state index contributed by atoms with van der Waals surface area (Å²) in [4.78, 5) is 38.8. The lowest BCUT2D eigenvalue weighted by Gasteiger charge is -2.19. The number of ketones is 2. The highest BCUT2D eigenvalue weighted by molar-refractivity contribution is 6.13. The first-order valence-electron chi connectivity index (χ1n) is 7.39. The molecule has 0 aliphatic heterocycles. The fraction of sp³-hybridized carbons (Fsp3) is 0.211. The van der Waals surface area contributed by atoms with Crippen molar-refractivity contribution in [3.63, 3.8) is 0 Å². The molecule has 1 atom stereocenters. The van der Waals surface area contributed by atoms with Crippen LogP contribution in [0.25, 0.3) is 0 Å². The lowest BCUT2D eigenvalue weighted by Crippen LogP contribution is -2.36. The van der Waals surface area contributed by atoms with E-state index < -0.39 is 5.92 Å². The van der Waals surface area contributed by atoms with E-state index in [-0.39, 0.29) is 23.9 Å². The van der Waals surface area contributed by atoms with Crippen LogP contribution in [0.3, 0.4) is 0 Å². The molecule has 2 aromatic carbocycles. The van der Waals surface area contributed by atoms with Gasteiger partial charge >= 0.3 is 0 Å². The Morgan fingerprint density at radius 3 is 1.78 bits per heavy atom. The molecule has 0 aromatic heterocycles. The Kier molecular flexibility index (Phi) is 5.41. The van der Waals surface area contributed by atoms with Crippen molar-refractivity contribution in [2.75, 3.05) is 14.1 Å². The Bertz CT molecular complexity index is 693. The fourth-order valence-corrected chi connectivity index (χ4v) is 2.33. The average molecular weight is 309 g/mol.